The standard InChI is InChI=1S/C18H17NO.C5H4ClN5/c1-3-15-12-14-9-7-8-13(2)17(14)18(20)19(15)16-10-5-4-6-11-16;6-5-10-3(7)2-4(11-5)9-1-8-2/h4-12H,3H2,1-2H3;1H,(H3,7,8,9,10,11). The molecule has 0 spiro atoms. The highest BCUT2D eigenvalue weighted by molar-refractivity contribution is 6.28. The van der Waals surface area contributed by atoms with Crippen molar-refractivity contribution in [3.05, 3.63) is 87.8 Å². The van der Waals surface area contributed by atoms with Crippen LogP contribution in [0.1, 0.15) is 18.2 Å². The van der Waals surface area contributed by atoms with Crippen LogP contribution in [0.25, 0.3) is 27.6 Å². The molecule has 156 valence electrons. The van der Waals surface area contributed by atoms with Crippen molar-refractivity contribution in [3.8, 4) is 5.69 Å². The van der Waals surface area contributed by atoms with Crippen LogP contribution in [0.5, 0.6) is 0 Å². The summed E-state index contributed by atoms with van der Waals surface area (Å²) in [6.07, 6.45) is 2.32. The third-order valence-electron chi connectivity index (χ3n) is 4.99. The third-order valence-corrected chi connectivity index (χ3v) is 5.16. The molecule has 0 radical (unpaired) electrons. The van der Waals surface area contributed by atoms with E-state index in [0.29, 0.717) is 17.0 Å². The van der Waals surface area contributed by atoms with Gasteiger partial charge < -0.3 is 10.7 Å². The number of aryl methyl sites for hydroxylation is 2. The van der Waals surface area contributed by atoms with Crippen molar-refractivity contribution in [2.24, 2.45) is 0 Å². The summed E-state index contributed by atoms with van der Waals surface area (Å²) in [5, 5.41) is 1.95. The number of rotatable bonds is 2. The summed E-state index contributed by atoms with van der Waals surface area (Å²) in [7, 11) is 0. The fraction of sp³-hybridized carbons (Fsp3) is 0.130. The van der Waals surface area contributed by atoms with E-state index in [9.17, 15) is 4.79 Å². The molecule has 7 nitrogen and oxygen atoms in total. The van der Waals surface area contributed by atoms with Gasteiger partial charge >= 0.3 is 0 Å². The number of imidazole rings is 1. The maximum absolute atomic E-state index is 12.9. The number of fused-ring (bicyclic) bond motifs is 2. The maximum Gasteiger partial charge on any atom is 0.263 e. The van der Waals surface area contributed by atoms with Crippen LogP contribution in [0, 0.1) is 6.92 Å². The van der Waals surface area contributed by atoms with Gasteiger partial charge in [0.05, 0.1) is 11.7 Å². The average molecular weight is 433 g/mol. The Morgan fingerprint density at radius 3 is 2.61 bits per heavy atom. The molecule has 0 bridgehead atoms. The van der Waals surface area contributed by atoms with E-state index in [1.54, 1.807) is 0 Å². The molecule has 0 fully saturated rings. The topological polar surface area (TPSA) is 102 Å². The molecule has 0 aliphatic carbocycles. The van der Waals surface area contributed by atoms with E-state index in [-0.39, 0.29) is 10.8 Å². The number of pyridine rings is 1. The lowest BCUT2D eigenvalue weighted by Crippen LogP contribution is -2.22. The van der Waals surface area contributed by atoms with Crippen molar-refractivity contribution in [3.63, 3.8) is 0 Å². The smallest absolute Gasteiger partial charge is 0.263 e. The number of halogens is 1. The van der Waals surface area contributed by atoms with E-state index in [1.165, 1.54) is 6.33 Å². The lowest BCUT2D eigenvalue weighted by Gasteiger charge is -2.14. The molecule has 8 heteroatoms. The predicted molar refractivity (Wildman–Crippen MR) is 125 cm³/mol. The quantitative estimate of drug-likeness (QED) is 0.401. The molecular formula is C23H21ClN6O. The number of benzene rings is 2. The van der Waals surface area contributed by atoms with Crippen LogP contribution in [-0.2, 0) is 6.42 Å². The number of nitrogens with two attached hydrogens (primary N) is 1. The minimum Gasteiger partial charge on any atom is -0.382 e. The largest absolute Gasteiger partial charge is 0.382 e. The Bertz CT molecular complexity index is 1430. The van der Waals surface area contributed by atoms with Gasteiger partial charge in [-0.05, 0) is 54.1 Å². The Hall–Kier alpha value is -3.71. The highest BCUT2D eigenvalue weighted by Crippen LogP contribution is 2.19. The summed E-state index contributed by atoms with van der Waals surface area (Å²) >= 11 is 5.52. The van der Waals surface area contributed by atoms with Gasteiger partial charge in [0.15, 0.2) is 11.5 Å². The fourth-order valence-electron chi connectivity index (χ4n) is 3.54. The average Bonchev–Trinajstić information content (AvgIpc) is 3.23. The van der Waals surface area contributed by atoms with Crippen molar-refractivity contribution in [2.75, 3.05) is 5.73 Å². The second-order valence-electron chi connectivity index (χ2n) is 6.98. The Labute approximate surface area is 183 Å². The van der Waals surface area contributed by atoms with Gasteiger partial charge in [0.25, 0.3) is 5.56 Å². The second-order valence-corrected chi connectivity index (χ2v) is 7.32. The Morgan fingerprint density at radius 2 is 1.87 bits per heavy atom. The first kappa shape index (κ1) is 20.6. The van der Waals surface area contributed by atoms with Gasteiger partial charge in [-0.2, -0.15) is 9.97 Å². The number of anilines is 1. The van der Waals surface area contributed by atoms with Gasteiger partial charge in [0.1, 0.15) is 5.52 Å². The minimum absolute atomic E-state index is 0.0728. The Morgan fingerprint density at radius 1 is 1.10 bits per heavy atom. The summed E-state index contributed by atoms with van der Waals surface area (Å²) in [5.41, 5.74) is 9.67. The SMILES string of the molecule is CCc1cc2cccc(C)c2c(=O)n1-c1ccccc1.Nc1nc(Cl)nc2nc[nH]c12. The number of aromatic nitrogens is 5. The molecule has 5 rings (SSSR count). The van der Waals surface area contributed by atoms with Crippen LogP contribution in [0.15, 0.2) is 65.7 Å². The molecule has 0 aliphatic heterocycles. The number of hydrogen-bond donors (Lipinski definition) is 2. The zero-order chi connectivity index (χ0) is 22.0. The molecule has 0 unspecified atom stereocenters. The molecule has 0 aliphatic rings. The van der Waals surface area contributed by atoms with E-state index in [1.807, 2.05) is 60.0 Å². The Balaban J connectivity index is 0.000000177. The van der Waals surface area contributed by atoms with Gasteiger partial charge in [-0.1, -0.05) is 43.3 Å². The molecule has 0 amide bonds. The first-order chi connectivity index (χ1) is 15.0. The van der Waals surface area contributed by atoms with E-state index >= 15 is 0 Å². The van der Waals surface area contributed by atoms with Gasteiger partial charge in [0.2, 0.25) is 5.28 Å². The van der Waals surface area contributed by atoms with Gasteiger partial charge in [-0.3, -0.25) is 9.36 Å². The van der Waals surface area contributed by atoms with Crippen LogP contribution in [0.4, 0.5) is 5.82 Å². The molecule has 0 atom stereocenters. The lowest BCUT2D eigenvalue weighted by atomic mass is 10.1. The summed E-state index contributed by atoms with van der Waals surface area (Å²) < 4.78 is 1.83. The van der Waals surface area contributed by atoms with E-state index in [0.717, 1.165) is 34.1 Å². The Kier molecular flexibility index (Phi) is 5.68. The number of hydrogen-bond acceptors (Lipinski definition) is 5. The van der Waals surface area contributed by atoms with E-state index < -0.39 is 0 Å². The van der Waals surface area contributed by atoms with Crippen molar-refractivity contribution >= 4 is 39.4 Å². The number of nitrogens with one attached hydrogen (secondary N) is 1. The summed E-state index contributed by atoms with van der Waals surface area (Å²) in [6.45, 7) is 4.07. The maximum atomic E-state index is 12.9. The first-order valence-electron chi connectivity index (χ1n) is 9.81. The first-order valence-corrected chi connectivity index (χ1v) is 10.2. The molecule has 31 heavy (non-hydrogen) atoms. The molecule has 0 saturated heterocycles. The van der Waals surface area contributed by atoms with Crippen molar-refractivity contribution < 1.29 is 0 Å². The number of aromatic amines is 1. The minimum atomic E-state index is 0.0728. The van der Waals surface area contributed by atoms with Crippen molar-refractivity contribution in [1.29, 1.82) is 0 Å². The van der Waals surface area contributed by atoms with Crippen LogP contribution < -0.4 is 11.3 Å². The van der Waals surface area contributed by atoms with Crippen molar-refractivity contribution in [1.82, 2.24) is 24.5 Å². The molecule has 3 N–H and O–H groups in total. The summed E-state index contributed by atoms with van der Waals surface area (Å²) in [4.78, 5) is 27.1. The van der Waals surface area contributed by atoms with E-state index in [2.05, 4.69) is 32.9 Å². The van der Waals surface area contributed by atoms with Gasteiger partial charge in [-0.25, -0.2) is 4.98 Å². The predicted octanol–water partition coefficient (Wildman–Crippen LogP) is 4.45. The van der Waals surface area contributed by atoms with Crippen LogP contribution in [0.3, 0.4) is 0 Å². The second kappa shape index (κ2) is 8.57. The molecule has 0 saturated carbocycles. The molecule has 3 aromatic heterocycles. The van der Waals surface area contributed by atoms with Crippen LogP contribution in [-0.4, -0.2) is 24.5 Å². The van der Waals surface area contributed by atoms with Gasteiger partial charge in [0, 0.05) is 11.4 Å². The van der Waals surface area contributed by atoms with E-state index in [4.69, 9.17) is 17.3 Å². The van der Waals surface area contributed by atoms with Gasteiger partial charge in [-0.15, -0.1) is 0 Å². The fourth-order valence-corrected chi connectivity index (χ4v) is 3.71. The number of nitrogen functional groups attached to an aromatic ring is 1. The number of H-pyrrole nitrogens is 1. The lowest BCUT2D eigenvalue weighted by molar-refractivity contribution is 0.888. The summed E-state index contributed by atoms with van der Waals surface area (Å²) in [5.74, 6) is 0.317. The number of para-hydroxylation sites is 1. The normalized spacial score (nSPS) is 10.8. The monoisotopic (exact) mass is 432 g/mol. The summed E-state index contributed by atoms with van der Waals surface area (Å²) in [6, 6.07) is 18.0. The molecular weight excluding hydrogens is 412 g/mol. The number of nitrogens with zero attached hydrogens (tertiary/aromatic N) is 4. The third kappa shape index (κ3) is 4.00. The highest BCUT2D eigenvalue weighted by atomic mass is 35.5. The highest BCUT2D eigenvalue weighted by Gasteiger charge is 2.11. The molecule has 2 aromatic carbocycles. The zero-order valence-electron chi connectivity index (χ0n) is 17.1. The molecule has 5 aromatic rings. The van der Waals surface area contributed by atoms with Crippen molar-refractivity contribution in [2.45, 2.75) is 20.3 Å². The van der Waals surface area contributed by atoms with Crippen LogP contribution >= 0.6 is 11.6 Å². The molecule has 3 heterocycles. The zero-order valence-corrected chi connectivity index (χ0v) is 17.9. The van der Waals surface area contributed by atoms with Crippen LogP contribution in [0.2, 0.25) is 5.28 Å².